The predicted molar refractivity (Wildman–Crippen MR) is 72.1 cm³/mol. The molecule has 1 aromatic heterocycles. The van der Waals surface area contributed by atoms with E-state index in [2.05, 4.69) is 5.32 Å². The molecule has 1 aliphatic heterocycles. The maximum Gasteiger partial charge on any atom is 0.371 e. The molecule has 0 fully saturated rings. The van der Waals surface area contributed by atoms with Crippen LogP contribution in [0.15, 0.2) is 40.8 Å². The molecular weight excluding hydrogens is 274 g/mol. The van der Waals surface area contributed by atoms with Crippen LogP contribution in [0.2, 0.25) is 0 Å². The van der Waals surface area contributed by atoms with Gasteiger partial charge in [0.15, 0.2) is 6.10 Å². The van der Waals surface area contributed by atoms with Gasteiger partial charge in [0, 0.05) is 6.42 Å². The molecule has 6 nitrogen and oxygen atoms in total. The molecule has 0 aliphatic carbocycles. The number of hydrogen-bond acceptors (Lipinski definition) is 4. The number of para-hydroxylation sites is 1. The minimum Gasteiger partial charge on any atom is -0.480 e. The zero-order valence-electron chi connectivity index (χ0n) is 11.0. The molecule has 2 N–H and O–H groups in total. The Morgan fingerprint density at radius 1 is 1.24 bits per heavy atom. The number of carbonyl (C=O) groups excluding carboxylic acids is 1. The van der Waals surface area contributed by atoms with E-state index in [0.29, 0.717) is 12.2 Å². The van der Waals surface area contributed by atoms with Crippen molar-refractivity contribution in [3.8, 4) is 5.75 Å². The summed E-state index contributed by atoms with van der Waals surface area (Å²) in [6, 6.07) is 10.4. The summed E-state index contributed by atoms with van der Waals surface area (Å²) in [6.07, 6.45) is -0.0307. The van der Waals surface area contributed by atoms with Crippen LogP contribution in [0.3, 0.4) is 0 Å². The van der Waals surface area contributed by atoms with E-state index in [1.165, 1.54) is 12.1 Å². The van der Waals surface area contributed by atoms with Crippen molar-refractivity contribution in [2.24, 2.45) is 0 Å². The van der Waals surface area contributed by atoms with Crippen molar-refractivity contribution in [2.75, 3.05) is 0 Å². The molecule has 0 unspecified atom stereocenters. The number of hydrogen-bond donors (Lipinski definition) is 2. The third kappa shape index (κ3) is 2.74. The number of furan rings is 1. The molecule has 0 saturated carbocycles. The normalized spacial score (nSPS) is 16.1. The fourth-order valence-electron chi connectivity index (χ4n) is 2.20. The predicted octanol–water partition coefficient (Wildman–Crippen LogP) is 1.60. The van der Waals surface area contributed by atoms with E-state index in [4.69, 9.17) is 14.3 Å². The van der Waals surface area contributed by atoms with Gasteiger partial charge in [-0.25, -0.2) is 4.79 Å². The summed E-state index contributed by atoms with van der Waals surface area (Å²) >= 11 is 0. The van der Waals surface area contributed by atoms with Gasteiger partial charge in [-0.3, -0.25) is 4.79 Å². The number of carboxylic acids is 1. The zero-order chi connectivity index (χ0) is 14.8. The Labute approximate surface area is 120 Å². The Morgan fingerprint density at radius 2 is 2.05 bits per heavy atom. The van der Waals surface area contributed by atoms with Crippen LogP contribution in [0.4, 0.5) is 0 Å². The second-order valence-electron chi connectivity index (χ2n) is 4.71. The molecular formula is C15H13NO5. The van der Waals surface area contributed by atoms with E-state index >= 15 is 0 Å². The van der Waals surface area contributed by atoms with Crippen LogP contribution in [0.25, 0.3) is 0 Å². The number of carboxylic acid groups (broad SMARTS) is 1. The summed E-state index contributed by atoms with van der Waals surface area (Å²) in [5.41, 5.74) is 1.00. The third-order valence-corrected chi connectivity index (χ3v) is 3.25. The molecule has 0 radical (unpaired) electrons. The average molecular weight is 287 g/mol. The van der Waals surface area contributed by atoms with Crippen molar-refractivity contribution in [3.05, 3.63) is 53.5 Å². The highest BCUT2D eigenvalue weighted by Crippen LogP contribution is 2.28. The summed E-state index contributed by atoms with van der Waals surface area (Å²) in [7, 11) is 0. The Morgan fingerprint density at radius 3 is 2.76 bits per heavy atom. The molecule has 2 aromatic rings. The van der Waals surface area contributed by atoms with Crippen LogP contribution in [0.5, 0.6) is 5.75 Å². The van der Waals surface area contributed by atoms with Crippen LogP contribution in [0, 0.1) is 0 Å². The Balaban J connectivity index is 1.57. The maximum atomic E-state index is 12.0. The molecule has 0 bridgehead atoms. The number of nitrogens with one attached hydrogen (secondary N) is 1. The molecule has 1 aliphatic rings. The molecule has 0 spiro atoms. The number of carbonyl (C=O) groups is 2. The van der Waals surface area contributed by atoms with E-state index in [9.17, 15) is 9.59 Å². The molecule has 21 heavy (non-hydrogen) atoms. The lowest BCUT2D eigenvalue weighted by atomic mass is 10.1. The first-order valence-electron chi connectivity index (χ1n) is 6.48. The third-order valence-electron chi connectivity index (χ3n) is 3.25. The number of fused-ring (bicyclic) bond motifs is 1. The fourth-order valence-corrected chi connectivity index (χ4v) is 2.20. The first-order valence-corrected chi connectivity index (χ1v) is 6.48. The number of rotatable bonds is 4. The number of aromatic carboxylic acids is 1. The molecule has 108 valence electrons. The Hall–Kier alpha value is -2.76. The first kappa shape index (κ1) is 13.2. The standard InChI is InChI=1S/C15H13NO5/c17-14(13-7-9-3-1-2-4-11(9)21-13)16-8-10-5-6-12(20-10)15(18)19/h1-6,13H,7-8H2,(H,16,17)(H,18,19)/t13-/m0/s1. The van der Waals surface area contributed by atoms with E-state index in [1.54, 1.807) is 0 Å². The largest absolute Gasteiger partial charge is 0.480 e. The maximum absolute atomic E-state index is 12.0. The molecule has 1 aromatic carbocycles. The van der Waals surface area contributed by atoms with Crippen molar-refractivity contribution in [3.63, 3.8) is 0 Å². The van der Waals surface area contributed by atoms with Gasteiger partial charge >= 0.3 is 5.97 Å². The Kier molecular flexibility index (Phi) is 3.35. The minimum absolute atomic E-state index is 0.127. The lowest BCUT2D eigenvalue weighted by Crippen LogP contribution is -2.36. The monoisotopic (exact) mass is 287 g/mol. The van der Waals surface area contributed by atoms with Gasteiger partial charge in [0.1, 0.15) is 11.5 Å². The summed E-state index contributed by atoms with van der Waals surface area (Å²) < 4.78 is 10.6. The van der Waals surface area contributed by atoms with Gasteiger partial charge in [0.25, 0.3) is 5.91 Å². The van der Waals surface area contributed by atoms with E-state index < -0.39 is 12.1 Å². The van der Waals surface area contributed by atoms with Crippen LogP contribution in [0.1, 0.15) is 21.9 Å². The van der Waals surface area contributed by atoms with Crippen molar-refractivity contribution in [1.29, 1.82) is 0 Å². The minimum atomic E-state index is -1.14. The lowest BCUT2D eigenvalue weighted by Gasteiger charge is -2.10. The second kappa shape index (κ2) is 5.32. The van der Waals surface area contributed by atoms with E-state index in [1.807, 2.05) is 24.3 Å². The van der Waals surface area contributed by atoms with Gasteiger partial charge in [0.05, 0.1) is 6.54 Å². The zero-order valence-corrected chi connectivity index (χ0v) is 11.0. The summed E-state index contributed by atoms with van der Waals surface area (Å²) in [6.45, 7) is 0.127. The number of benzene rings is 1. The van der Waals surface area contributed by atoms with Crippen LogP contribution in [-0.4, -0.2) is 23.1 Å². The number of amides is 1. The summed E-state index contributed by atoms with van der Waals surface area (Å²) in [5, 5.41) is 11.4. The second-order valence-corrected chi connectivity index (χ2v) is 4.71. The first-order chi connectivity index (χ1) is 10.1. The number of ether oxygens (including phenoxy) is 1. The van der Waals surface area contributed by atoms with Crippen LogP contribution < -0.4 is 10.1 Å². The quantitative estimate of drug-likeness (QED) is 0.891. The topological polar surface area (TPSA) is 88.8 Å². The molecule has 2 heterocycles. The Bertz CT molecular complexity index is 666. The molecule has 3 rings (SSSR count). The van der Waals surface area contributed by atoms with Gasteiger partial charge in [0.2, 0.25) is 5.76 Å². The van der Waals surface area contributed by atoms with Gasteiger partial charge in [-0.2, -0.15) is 0 Å². The molecule has 1 atom stereocenters. The average Bonchev–Trinajstić information content (AvgIpc) is 3.11. The summed E-state index contributed by atoms with van der Waals surface area (Å²) in [5.74, 6) is -0.425. The van der Waals surface area contributed by atoms with Crippen molar-refractivity contribution in [1.82, 2.24) is 5.32 Å². The van der Waals surface area contributed by atoms with Crippen molar-refractivity contribution < 1.29 is 23.8 Å². The van der Waals surface area contributed by atoms with Crippen molar-refractivity contribution >= 4 is 11.9 Å². The van der Waals surface area contributed by atoms with Gasteiger partial charge in [-0.05, 0) is 23.8 Å². The lowest BCUT2D eigenvalue weighted by molar-refractivity contribution is -0.127. The van der Waals surface area contributed by atoms with Crippen LogP contribution in [-0.2, 0) is 17.8 Å². The van der Waals surface area contributed by atoms with E-state index in [0.717, 1.165) is 11.3 Å². The van der Waals surface area contributed by atoms with E-state index in [-0.39, 0.29) is 18.2 Å². The van der Waals surface area contributed by atoms with Gasteiger partial charge in [-0.1, -0.05) is 18.2 Å². The fraction of sp³-hybridized carbons (Fsp3) is 0.200. The van der Waals surface area contributed by atoms with Crippen molar-refractivity contribution in [2.45, 2.75) is 19.1 Å². The molecule has 1 amide bonds. The molecule has 6 heteroatoms. The van der Waals surface area contributed by atoms with Gasteiger partial charge < -0.3 is 19.6 Å². The SMILES string of the molecule is O=C(O)c1ccc(CNC(=O)[C@@H]2Cc3ccccc3O2)o1. The van der Waals surface area contributed by atoms with Crippen LogP contribution >= 0.6 is 0 Å². The highest BCUT2D eigenvalue weighted by Gasteiger charge is 2.28. The van der Waals surface area contributed by atoms with Gasteiger partial charge in [-0.15, -0.1) is 0 Å². The highest BCUT2D eigenvalue weighted by molar-refractivity contribution is 5.84. The highest BCUT2D eigenvalue weighted by atomic mass is 16.5. The smallest absolute Gasteiger partial charge is 0.371 e. The molecule has 0 saturated heterocycles. The summed E-state index contributed by atoms with van der Waals surface area (Å²) in [4.78, 5) is 22.7.